The van der Waals surface area contributed by atoms with E-state index in [4.69, 9.17) is 9.47 Å². The van der Waals surface area contributed by atoms with Gasteiger partial charge in [0, 0.05) is 6.07 Å². The minimum Gasteiger partial charge on any atom is -0.490 e. The number of ether oxygens (including phenoxy) is 2. The van der Waals surface area contributed by atoms with Crippen molar-refractivity contribution in [3.63, 3.8) is 0 Å². The fourth-order valence-corrected chi connectivity index (χ4v) is 1.21. The Morgan fingerprint density at radius 2 is 1.93 bits per heavy atom. The Balaban J connectivity index is 3.15. The zero-order valence-corrected chi connectivity index (χ0v) is 8.73. The second-order valence-electron chi connectivity index (χ2n) is 2.73. The van der Waals surface area contributed by atoms with Crippen molar-refractivity contribution in [1.82, 2.24) is 0 Å². The fourth-order valence-electron chi connectivity index (χ4n) is 1.21. The molecule has 1 aromatic rings. The molecule has 1 rings (SSSR count). The van der Waals surface area contributed by atoms with Crippen LogP contribution < -0.4 is 9.47 Å². The first-order valence-electron chi connectivity index (χ1n) is 4.73. The summed E-state index contributed by atoms with van der Waals surface area (Å²) in [6.07, 6.45) is 0. The zero-order valence-electron chi connectivity index (χ0n) is 8.73. The molecular formula is C10H13NO4. The third-order valence-electron chi connectivity index (χ3n) is 1.74. The molecule has 0 unspecified atom stereocenters. The normalized spacial score (nSPS) is 9.73. The van der Waals surface area contributed by atoms with Gasteiger partial charge < -0.3 is 9.47 Å². The lowest BCUT2D eigenvalue weighted by Crippen LogP contribution is -2.01. The predicted octanol–water partition coefficient (Wildman–Crippen LogP) is 2.39. The molecule has 0 radical (unpaired) electrons. The highest BCUT2D eigenvalue weighted by Crippen LogP contribution is 2.36. The fraction of sp³-hybridized carbons (Fsp3) is 0.400. The molecule has 0 atom stereocenters. The van der Waals surface area contributed by atoms with Crippen LogP contribution in [0, 0.1) is 10.1 Å². The maximum Gasteiger partial charge on any atom is 0.314 e. The Bertz CT molecular complexity index is 351. The Hall–Kier alpha value is -1.78. The molecule has 1 aromatic carbocycles. The molecular weight excluding hydrogens is 198 g/mol. The highest BCUT2D eigenvalue weighted by molar-refractivity contribution is 5.55. The molecule has 82 valence electrons. The second kappa shape index (κ2) is 5.19. The van der Waals surface area contributed by atoms with Crippen molar-refractivity contribution in [3.8, 4) is 11.5 Å². The lowest BCUT2D eigenvalue weighted by Gasteiger charge is -2.10. The Kier molecular flexibility index (Phi) is 3.91. The van der Waals surface area contributed by atoms with Crippen LogP contribution in [0.4, 0.5) is 5.69 Å². The summed E-state index contributed by atoms with van der Waals surface area (Å²) < 4.78 is 10.5. The Labute approximate surface area is 87.8 Å². The zero-order chi connectivity index (χ0) is 11.3. The molecule has 0 aliphatic carbocycles. The third kappa shape index (κ3) is 2.59. The molecule has 0 aromatic heterocycles. The molecule has 0 aliphatic rings. The molecule has 0 amide bonds. The summed E-state index contributed by atoms with van der Waals surface area (Å²) in [6, 6.07) is 4.63. The van der Waals surface area contributed by atoms with Crippen molar-refractivity contribution in [2.75, 3.05) is 13.2 Å². The van der Waals surface area contributed by atoms with E-state index in [0.717, 1.165) is 0 Å². The smallest absolute Gasteiger partial charge is 0.314 e. The maximum absolute atomic E-state index is 10.7. The van der Waals surface area contributed by atoms with Crippen LogP contribution in [-0.2, 0) is 0 Å². The standard InChI is InChI=1S/C10H13NO4/c1-3-14-9-7-5-6-8(11(12)13)10(9)15-4-2/h5-7H,3-4H2,1-2H3. The summed E-state index contributed by atoms with van der Waals surface area (Å²) in [7, 11) is 0. The number of nitro benzene ring substituents is 1. The van der Waals surface area contributed by atoms with Crippen LogP contribution in [0.1, 0.15) is 13.8 Å². The van der Waals surface area contributed by atoms with Crippen LogP contribution in [0.2, 0.25) is 0 Å². The van der Waals surface area contributed by atoms with Gasteiger partial charge >= 0.3 is 5.69 Å². The van der Waals surface area contributed by atoms with Crippen molar-refractivity contribution in [1.29, 1.82) is 0 Å². The van der Waals surface area contributed by atoms with E-state index in [1.54, 1.807) is 19.1 Å². The average Bonchev–Trinajstić information content (AvgIpc) is 2.21. The summed E-state index contributed by atoms with van der Waals surface area (Å²) in [6.45, 7) is 4.40. The number of nitro groups is 1. The lowest BCUT2D eigenvalue weighted by atomic mass is 10.2. The molecule has 5 nitrogen and oxygen atoms in total. The van der Waals surface area contributed by atoms with Gasteiger partial charge in [0.05, 0.1) is 18.1 Å². The topological polar surface area (TPSA) is 61.6 Å². The molecule has 15 heavy (non-hydrogen) atoms. The van der Waals surface area contributed by atoms with Gasteiger partial charge in [-0.25, -0.2) is 0 Å². The Morgan fingerprint density at radius 3 is 2.47 bits per heavy atom. The van der Waals surface area contributed by atoms with Gasteiger partial charge in [-0.1, -0.05) is 6.07 Å². The highest BCUT2D eigenvalue weighted by atomic mass is 16.6. The van der Waals surface area contributed by atoms with Gasteiger partial charge in [-0.2, -0.15) is 0 Å². The Morgan fingerprint density at radius 1 is 1.27 bits per heavy atom. The lowest BCUT2D eigenvalue weighted by molar-refractivity contribution is -0.385. The van der Waals surface area contributed by atoms with Crippen molar-refractivity contribution < 1.29 is 14.4 Å². The molecule has 0 saturated carbocycles. The van der Waals surface area contributed by atoms with E-state index in [9.17, 15) is 10.1 Å². The predicted molar refractivity (Wildman–Crippen MR) is 55.4 cm³/mol. The van der Waals surface area contributed by atoms with Crippen LogP contribution >= 0.6 is 0 Å². The summed E-state index contributed by atoms with van der Waals surface area (Å²) in [5, 5.41) is 10.7. The van der Waals surface area contributed by atoms with E-state index in [1.807, 2.05) is 6.92 Å². The quantitative estimate of drug-likeness (QED) is 0.554. The van der Waals surface area contributed by atoms with E-state index >= 15 is 0 Å². The van der Waals surface area contributed by atoms with E-state index in [0.29, 0.717) is 19.0 Å². The minimum atomic E-state index is -0.479. The highest BCUT2D eigenvalue weighted by Gasteiger charge is 2.19. The number of hydrogen-bond donors (Lipinski definition) is 0. The summed E-state index contributed by atoms with van der Waals surface area (Å²) >= 11 is 0. The SMILES string of the molecule is CCOc1cccc([N+](=O)[O-])c1OCC. The number of hydrogen-bond acceptors (Lipinski definition) is 4. The molecule has 0 bridgehead atoms. The van der Waals surface area contributed by atoms with Gasteiger partial charge in [0.15, 0.2) is 5.75 Å². The van der Waals surface area contributed by atoms with Crippen LogP contribution in [0.25, 0.3) is 0 Å². The van der Waals surface area contributed by atoms with Crippen molar-refractivity contribution >= 4 is 5.69 Å². The minimum absolute atomic E-state index is 0.0669. The first kappa shape index (κ1) is 11.3. The van der Waals surface area contributed by atoms with E-state index in [-0.39, 0.29) is 11.4 Å². The average molecular weight is 211 g/mol. The molecule has 0 saturated heterocycles. The number of nitrogens with zero attached hydrogens (tertiary/aromatic N) is 1. The maximum atomic E-state index is 10.7. The van der Waals surface area contributed by atoms with Crippen LogP contribution in [-0.4, -0.2) is 18.1 Å². The van der Waals surface area contributed by atoms with E-state index < -0.39 is 4.92 Å². The van der Waals surface area contributed by atoms with Gasteiger partial charge in [-0.05, 0) is 19.9 Å². The van der Waals surface area contributed by atoms with Gasteiger partial charge in [-0.15, -0.1) is 0 Å². The van der Waals surface area contributed by atoms with Gasteiger partial charge in [-0.3, -0.25) is 10.1 Å². The summed E-state index contributed by atoms with van der Waals surface area (Å²) in [4.78, 5) is 10.2. The summed E-state index contributed by atoms with van der Waals surface area (Å²) in [5.74, 6) is 0.611. The third-order valence-corrected chi connectivity index (χ3v) is 1.74. The first-order valence-corrected chi connectivity index (χ1v) is 4.73. The second-order valence-corrected chi connectivity index (χ2v) is 2.73. The van der Waals surface area contributed by atoms with E-state index in [2.05, 4.69) is 0 Å². The molecule has 0 fully saturated rings. The van der Waals surface area contributed by atoms with Crippen molar-refractivity contribution in [2.24, 2.45) is 0 Å². The monoisotopic (exact) mass is 211 g/mol. The summed E-state index contributed by atoms with van der Waals surface area (Å²) in [5.41, 5.74) is -0.0669. The van der Waals surface area contributed by atoms with Gasteiger partial charge in [0.25, 0.3) is 0 Å². The first-order chi connectivity index (χ1) is 7.20. The molecule has 0 spiro atoms. The molecule has 5 heteroatoms. The number of para-hydroxylation sites is 1. The largest absolute Gasteiger partial charge is 0.490 e. The van der Waals surface area contributed by atoms with Crippen molar-refractivity contribution in [3.05, 3.63) is 28.3 Å². The molecule has 0 heterocycles. The van der Waals surface area contributed by atoms with Crippen LogP contribution in [0.3, 0.4) is 0 Å². The van der Waals surface area contributed by atoms with Crippen LogP contribution in [0.5, 0.6) is 11.5 Å². The van der Waals surface area contributed by atoms with Gasteiger partial charge in [0.2, 0.25) is 5.75 Å². The molecule has 0 N–H and O–H groups in total. The van der Waals surface area contributed by atoms with Crippen LogP contribution in [0.15, 0.2) is 18.2 Å². The van der Waals surface area contributed by atoms with E-state index in [1.165, 1.54) is 6.07 Å². The molecule has 0 aliphatic heterocycles. The number of benzene rings is 1. The number of rotatable bonds is 5. The van der Waals surface area contributed by atoms with Gasteiger partial charge in [0.1, 0.15) is 0 Å². The van der Waals surface area contributed by atoms with Crippen molar-refractivity contribution in [2.45, 2.75) is 13.8 Å².